The Morgan fingerprint density at radius 3 is 2.53 bits per heavy atom. The first-order valence-corrected chi connectivity index (χ1v) is 6.68. The van der Waals surface area contributed by atoms with Crippen LogP contribution in [0.5, 0.6) is 0 Å². The van der Waals surface area contributed by atoms with Crippen molar-refractivity contribution in [1.82, 2.24) is 5.32 Å². The smallest absolute Gasteiger partial charge is 0.322 e. The lowest BCUT2D eigenvalue weighted by Crippen LogP contribution is -2.42. The molecule has 0 aromatic heterocycles. The minimum Gasteiger partial charge on any atom is -0.480 e. The molecule has 0 aliphatic heterocycles. The maximum Gasteiger partial charge on any atom is 0.322 e. The molecule has 96 valence electrons. The van der Waals surface area contributed by atoms with Gasteiger partial charge in [-0.15, -0.1) is 0 Å². The van der Waals surface area contributed by atoms with E-state index in [9.17, 15) is 9.59 Å². The summed E-state index contributed by atoms with van der Waals surface area (Å²) in [5, 5.41) is 11.1. The van der Waals surface area contributed by atoms with Crippen LogP contribution in [0.4, 0.5) is 0 Å². The third-order valence-corrected chi connectivity index (χ3v) is 4.33. The second kappa shape index (κ2) is 5.52. The summed E-state index contributed by atoms with van der Waals surface area (Å²) >= 11 is 0. The minimum absolute atomic E-state index is 0.0380. The highest BCUT2D eigenvalue weighted by atomic mass is 16.4. The second-order valence-electron chi connectivity index (χ2n) is 5.36. The fraction of sp³-hybridized carbons (Fsp3) is 0.846. The molecule has 0 aromatic carbocycles. The number of amides is 1. The predicted molar refractivity (Wildman–Crippen MR) is 63.4 cm³/mol. The Labute approximate surface area is 102 Å². The molecule has 4 nitrogen and oxygen atoms in total. The summed E-state index contributed by atoms with van der Waals surface area (Å²) in [6.45, 7) is -0.243. The van der Waals surface area contributed by atoms with Crippen molar-refractivity contribution in [1.29, 1.82) is 0 Å². The Kier molecular flexibility index (Phi) is 4.02. The van der Waals surface area contributed by atoms with E-state index in [1.165, 1.54) is 25.7 Å². The molecule has 0 heterocycles. The Bertz CT molecular complexity index is 301. The van der Waals surface area contributed by atoms with E-state index in [1.807, 2.05) is 0 Å². The summed E-state index contributed by atoms with van der Waals surface area (Å²) in [6, 6.07) is 0. The Hall–Kier alpha value is -1.06. The van der Waals surface area contributed by atoms with Crippen molar-refractivity contribution in [2.24, 2.45) is 17.8 Å². The Balaban J connectivity index is 1.93. The number of aliphatic carboxylic acids is 1. The highest BCUT2D eigenvalue weighted by Gasteiger charge is 2.38. The van der Waals surface area contributed by atoms with Crippen molar-refractivity contribution in [2.45, 2.75) is 44.9 Å². The first kappa shape index (κ1) is 12.4. The van der Waals surface area contributed by atoms with E-state index in [-0.39, 0.29) is 18.4 Å². The molecule has 2 rings (SSSR count). The zero-order valence-electron chi connectivity index (χ0n) is 10.2. The maximum absolute atomic E-state index is 12.0. The second-order valence-corrected chi connectivity index (χ2v) is 5.36. The fourth-order valence-corrected chi connectivity index (χ4v) is 3.56. The molecule has 2 fully saturated rings. The summed E-state index contributed by atoms with van der Waals surface area (Å²) in [5.41, 5.74) is 0. The van der Waals surface area contributed by atoms with E-state index in [4.69, 9.17) is 5.11 Å². The van der Waals surface area contributed by atoms with Gasteiger partial charge in [-0.3, -0.25) is 9.59 Å². The summed E-state index contributed by atoms with van der Waals surface area (Å²) in [5.74, 6) is 0.274. The zero-order valence-corrected chi connectivity index (χ0v) is 10.2. The van der Waals surface area contributed by atoms with Crippen molar-refractivity contribution >= 4 is 11.9 Å². The van der Waals surface area contributed by atoms with Gasteiger partial charge in [-0.05, 0) is 24.7 Å². The molecule has 2 saturated carbocycles. The summed E-state index contributed by atoms with van der Waals surface area (Å²) in [7, 11) is 0. The van der Waals surface area contributed by atoms with E-state index in [2.05, 4.69) is 5.32 Å². The normalized spacial score (nSPS) is 32.6. The van der Waals surface area contributed by atoms with Gasteiger partial charge in [-0.2, -0.15) is 0 Å². The monoisotopic (exact) mass is 239 g/mol. The molecule has 1 amide bonds. The molecular weight excluding hydrogens is 218 g/mol. The van der Waals surface area contributed by atoms with Crippen LogP contribution in [0, 0.1) is 17.8 Å². The van der Waals surface area contributed by atoms with Crippen molar-refractivity contribution in [3.05, 3.63) is 0 Å². The van der Waals surface area contributed by atoms with Crippen LogP contribution in [0.15, 0.2) is 0 Å². The molecule has 0 bridgehead atoms. The van der Waals surface area contributed by atoms with Gasteiger partial charge < -0.3 is 10.4 Å². The molecule has 3 unspecified atom stereocenters. The van der Waals surface area contributed by atoms with Gasteiger partial charge in [0.1, 0.15) is 6.54 Å². The molecule has 2 aliphatic carbocycles. The minimum atomic E-state index is -0.964. The SMILES string of the molecule is O=C(O)CNC(=O)C1CCCC2CCCCC21. The zero-order chi connectivity index (χ0) is 12.3. The lowest BCUT2D eigenvalue weighted by atomic mass is 9.65. The van der Waals surface area contributed by atoms with E-state index < -0.39 is 5.97 Å². The Morgan fingerprint density at radius 2 is 1.76 bits per heavy atom. The van der Waals surface area contributed by atoms with Crippen molar-refractivity contribution in [2.75, 3.05) is 6.54 Å². The first-order chi connectivity index (χ1) is 8.18. The number of carbonyl (C=O) groups excluding carboxylic acids is 1. The third-order valence-electron chi connectivity index (χ3n) is 4.33. The average molecular weight is 239 g/mol. The summed E-state index contributed by atoms with van der Waals surface area (Å²) in [6.07, 6.45) is 8.24. The third kappa shape index (κ3) is 2.99. The molecule has 4 heteroatoms. The first-order valence-electron chi connectivity index (χ1n) is 6.68. The molecule has 0 aromatic rings. The van der Waals surface area contributed by atoms with Crippen LogP contribution in [0.25, 0.3) is 0 Å². The van der Waals surface area contributed by atoms with Crippen molar-refractivity contribution in [3.8, 4) is 0 Å². The number of rotatable bonds is 3. The van der Waals surface area contributed by atoms with Gasteiger partial charge in [-0.1, -0.05) is 32.1 Å². The van der Waals surface area contributed by atoms with Gasteiger partial charge in [-0.25, -0.2) is 0 Å². The lowest BCUT2D eigenvalue weighted by molar-refractivity contribution is -0.139. The van der Waals surface area contributed by atoms with Gasteiger partial charge in [0, 0.05) is 5.92 Å². The van der Waals surface area contributed by atoms with Gasteiger partial charge in [0.25, 0.3) is 0 Å². The Morgan fingerprint density at radius 1 is 1.06 bits per heavy atom. The summed E-state index contributed by atoms with van der Waals surface area (Å²) in [4.78, 5) is 22.4. The van der Waals surface area contributed by atoms with Gasteiger partial charge >= 0.3 is 5.97 Å². The number of carboxylic acids is 1. The molecule has 0 spiro atoms. The number of nitrogens with one attached hydrogen (secondary N) is 1. The molecule has 2 N–H and O–H groups in total. The summed E-state index contributed by atoms with van der Waals surface area (Å²) < 4.78 is 0. The van der Waals surface area contributed by atoms with Crippen molar-refractivity contribution < 1.29 is 14.7 Å². The molecule has 0 saturated heterocycles. The standard InChI is InChI=1S/C13H21NO3/c15-12(16)8-14-13(17)11-7-3-5-9-4-1-2-6-10(9)11/h9-11H,1-8H2,(H,14,17)(H,15,16). The maximum atomic E-state index is 12.0. The average Bonchev–Trinajstić information content (AvgIpc) is 2.35. The molecule has 3 atom stereocenters. The van der Waals surface area contributed by atoms with Crippen LogP contribution in [0.1, 0.15) is 44.9 Å². The predicted octanol–water partition coefficient (Wildman–Crippen LogP) is 1.79. The number of carboxylic acid groups (broad SMARTS) is 1. The molecule has 0 radical (unpaired) electrons. The number of fused-ring (bicyclic) bond motifs is 1. The van der Waals surface area contributed by atoms with Crippen LogP contribution < -0.4 is 5.32 Å². The highest BCUT2D eigenvalue weighted by Crippen LogP contribution is 2.43. The van der Waals surface area contributed by atoms with Crippen LogP contribution in [-0.4, -0.2) is 23.5 Å². The van der Waals surface area contributed by atoms with Crippen LogP contribution in [0.3, 0.4) is 0 Å². The highest BCUT2D eigenvalue weighted by molar-refractivity contribution is 5.83. The van der Waals surface area contributed by atoms with Crippen LogP contribution >= 0.6 is 0 Å². The van der Waals surface area contributed by atoms with Crippen LogP contribution in [0.2, 0.25) is 0 Å². The molecular formula is C13H21NO3. The lowest BCUT2D eigenvalue weighted by Gasteiger charge is -2.40. The van der Waals surface area contributed by atoms with E-state index in [1.54, 1.807) is 0 Å². The molecule has 17 heavy (non-hydrogen) atoms. The number of hydrogen-bond acceptors (Lipinski definition) is 2. The largest absolute Gasteiger partial charge is 0.480 e. The van der Waals surface area contributed by atoms with Crippen molar-refractivity contribution in [3.63, 3.8) is 0 Å². The van der Waals surface area contributed by atoms with E-state index in [0.717, 1.165) is 19.3 Å². The topological polar surface area (TPSA) is 66.4 Å². The van der Waals surface area contributed by atoms with Gasteiger partial charge in [0.05, 0.1) is 0 Å². The molecule has 2 aliphatic rings. The number of hydrogen-bond donors (Lipinski definition) is 2. The fourth-order valence-electron chi connectivity index (χ4n) is 3.56. The van der Waals surface area contributed by atoms with Gasteiger partial charge in [0.15, 0.2) is 0 Å². The van der Waals surface area contributed by atoms with E-state index >= 15 is 0 Å². The van der Waals surface area contributed by atoms with Crippen LogP contribution in [-0.2, 0) is 9.59 Å². The quantitative estimate of drug-likeness (QED) is 0.789. The number of carbonyl (C=O) groups is 2. The van der Waals surface area contributed by atoms with E-state index in [0.29, 0.717) is 11.8 Å². The van der Waals surface area contributed by atoms with Gasteiger partial charge in [0.2, 0.25) is 5.91 Å².